The molecule has 5 heteroatoms. The second-order valence-corrected chi connectivity index (χ2v) is 6.09. The number of pyridine rings is 1. The number of nitrogen functional groups attached to an aromatic ring is 1. The summed E-state index contributed by atoms with van der Waals surface area (Å²) in [5, 5.41) is 1.09. The lowest BCUT2D eigenvalue weighted by Crippen LogP contribution is -2.37. The van der Waals surface area contributed by atoms with Crippen LogP contribution in [-0.4, -0.2) is 31.3 Å². The minimum absolute atomic E-state index is 0.468. The van der Waals surface area contributed by atoms with Crippen molar-refractivity contribution in [2.45, 2.75) is 18.9 Å². The molecule has 1 aromatic carbocycles. The fourth-order valence-corrected chi connectivity index (χ4v) is 3.18. The first kappa shape index (κ1) is 13.6. The Hall–Kier alpha value is -1.33. The van der Waals surface area contributed by atoms with E-state index in [0.717, 1.165) is 52.8 Å². The molecule has 3 rings (SSSR count). The number of aromatic nitrogens is 1. The first-order valence-electron chi connectivity index (χ1n) is 6.81. The first-order chi connectivity index (χ1) is 9.66. The number of hydrogen-bond donors (Lipinski definition) is 1. The number of halogens is 1. The molecule has 2 N–H and O–H groups in total. The zero-order chi connectivity index (χ0) is 14.1. The zero-order valence-corrected chi connectivity index (χ0v) is 13.1. The van der Waals surface area contributed by atoms with E-state index in [0.29, 0.717) is 6.04 Å². The summed E-state index contributed by atoms with van der Waals surface area (Å²) in [5.41, 5.74) is 8.96. The SMILES string of the molecule is CN(c1c(N)cnc2ccc(Br)cc12)C1CCOCC1. The van der Waals surface area contributed by atoms with Gasteiger partial charge in [0.1, 0.15) is 0 Å². The Morgan fingerprint density at radius 3 is 2.85 bits per heavy atom. The van der Waals surface area contributed by atoms with Crippen LogP contribution in [0.5, 0.6) is 0 Å². The van der Waals surface area contributed by atoms with E-state index in [4.69, 9.17) is 10.5 Å². The molecule has 2 heterocycles. The molecule has 0 atom stereocenters. The highest BCUT2D eigenvalue weighted by atomic mass is 79.9. The van der Waals surface area contributed by atoms with Crippen molar-refractivity contribution >= 4 is 38.2 Å². The highest BCUT2D eigenvalue weighted by Crippen LogP contribution is 2.34. The van der Waals surface area contributed by atoms with Crippen LogP contribution in [0.1, 0.15) is 12.8 Å². The van der Waals surface area contributed by atoms with Crippen molar-refractivity contribution in [3.05, 3.63) is 28.9 Å². The van der Waals surface area contributed by atoms with Crippen LogP contribution in [0, 0.1) is 0 Å². The molecule has 0 bridgehead atoms. The summed E-state index contributed by atoms with van der Waals surface area (Å²) >= 11 is 3.53. The molecule has 0 aliphatic carbocycles. The number of nitrogens with zero attached hydrogens (tertiary/aromatic N) is 2. The lowest BCUT2D eigenvalue weighted by Gasteiger charge is -2.34. The van der Waals surface area contributed by atoms with Crippen LogP contribution in [0.25, 0.3) is 10.9 Å². The highest BCUT2D eigenvalue weighted by Gasteiger charge is 2.22. The van der Waals surface area contributed by atoms with Crippen LogP contribution in [0.3, 0.4) is 0 Å². The van der Waals surface area contributed by atoms with Gasteiger partial charge in [-0.25, -0.2) is 0 Å². The minimum atomic E-state index is 0.468. The molecule has 0 spiro atoms. The molecule has 0 saturated carbocycles. The molecule has 4 nitrogen and oxygen atoms in total. The van der Waals surface area contributed by atoms with E-state index in [1.54, 1.807) is 6.20 Å². The maximum Gasteiger partial charge on any atom is 0.0745 e. The van der Waals surface area contributed by atoms with E-state index in [1.165, 1.54) is 0 Å². The van der Waals surface area contributed by atoms with E-state index in [2.05, 4.69) is 38.9 Å². The van der Waals surface area contributed by atoms with Crippen molar-refractivity contribution in [2.75, 3.05) is 30.9 Å². The van der Waals surface area contributed by atoms with Crippen LogP contribution >= 0.6 is 15.9 Å². The third kappa shape index (κ3) is 2.47. The molecular formula is C15H18BrN3O. The van der Waals surface area contributed by atoms with Gasteiger partial charge in [-0.15, -0.1) is 0 Å². The smallest absolute Gasteiger partial charge is 0.0745 e. The van der Waals surface area contributed by atoms with Gasteiger partial charge in [-0.3, -0.25) is 4.98 Å². The van der Waals surface area contributed by atoms with Crippen molar-refractivity contribution in [3.8, 4) is 0 Å². The normalized spacial score (nSPS) is 16.5. The largest absolute Gasteiger partial charge is 0.396 e. The highest BCUT2D eigenvalue weighted by molar-refractivity contribution is 9.10. The number of ether oxygens (including phenoxy) is 1. The first-order valence-corrected chi connectivity index (χ1v) is 7.60. The van der Waals surface area contributed by atoms with E-state index in [-0.39, 0.29) is 0 Å². The van der Waals surface area contributed by atoms with Crippen molar-refractivity contribution in [3.63, 3.8) is 0 Å². The molecule has 1 aliphatic rings. The average molecular weight is 336 g/mol. The predicted molar refractivity (Wildman–Crippen MR) is 86.1 cm³/mol. The summed E-state index contributed by atoms with van der Waals surface area (Å²) in [4.78, 5) is 6.70. The van der Waals surface area contributed by atoms with Crippen LogP contribution in [0.15, 0.2) is 28.9 Å². The van der Waals surface area contributed by atoms with Crippen LogP contribution in [0.4, 0.5) is 11.4 Å². The van der Waals surface area contributed by atoms with Crippen LogP contribution in [0.2, 0.25) is 0 Å². The summed E-state index contributed by atoms with van der Waals surface area (Å²) in [5.74, 6) is 0. The van der Waals surface area contributed by atoms with Gasteiger partial charge in [0, 0.05) is 36.2 Å². The summed E-state index contributed by atoms with van der Waals surface area (Å²) < 4.78 is 6.49. The van der Waals surface area contributed by atoms with Gasteiger partial charge >= 0.3 is 0 Å². The Labute approximate surface area is 127 Å². The van der Waals surface area contributed by atoms with Gasteiger partial charge in [-0.1, -0.05) is 15.9 Å². The van der Waals surface area contributed by atoms with Gasteiger partial charge in [0.15, 0.2) is 0 Å². The van der Waals surface area contributed by atoms with Crippen LogP contribution < -0.4 is 10.6 Å². The molecule has 1 saturated heterocycles. The summed E-state index contributed by atoms with van der Waals surface area (Å²) in [6, 6.07) is 6.57. The van der Waals surface area contributed by atoms with Crippen molar-refractivity contribution in [1.29, 1.82) is 0 Å². The summed E-state index contributed by atoms with van der Waals surface area (Å²) in [6.07, 6.45) is 3.82. The topological polar surface area (TPSA) is 51.4 Å². The standard InChI is InChI=1S/C15H18BrN3O/c1-19(11-4-6-20-7-5-11)15-12-8-10(16)2-3-14(12)18-9-13(15)17/h2-3,8-9,11H,4-7,17H2,1H3. The summed E-state index contributed by atoms with van der Waals surface area (Å²) in [7, 11) is 2.11. The number of hydrogen-bond acceptors (Lipinski definition) is 4. The molecule has 0 amide bonds. The third-order valence-corrected chi connectivity index (χ3v) is 4.41. The molecule has 0 unspecified atom stereocenters. The number of rotatable bonds is 2. The van der Waals surface area contributed by atoms with E-state index < -0.39 is 0 Å². The van der Waals surface area contributed by atoms with E-state index in [1.807, 2.05) is 12.1 Å². The molecular weight excluding hydrogens is 318 g/mol. The third-order valence-electron chi connectivity index (χ3n) is 3.92. The van der Waals surface area contributed by atoms with Gasteiger partial charge in [0.25, 0.3) is 0 Å². The Bertz CT molecular complexity index is 621. The quantitative estimate of drug-likeness (QED) is 0.915. The second-order valence-electron chi connectivity index (χ2n) is 5.18. The summed E-state index contributed by atoms with van der Waals surface area (Å²) in [6.45, 7) is 1.64. The lowest BCUT2D eigenvalue weighted by atomic mass is 10.0. The monoisotopic (exact) mass is 335 g/mol. The maximum atomic E-state index is 6.19. The van der Waals surface area contributed by atoms with Crippen molar-refractivity contribution in [1.82, 2.24) is 4.98 Å². The number of fused-ring (bicyclic) bond motifs is 1. The van der Waals surface area contributed by atoms with Gasteiger partial charge in [0.05, 0.1) is 23.1 Å². The number of anilines is 2. The molecule has 20 heavy (non-hydrogen) atoms. The fraction of sp³-hybridized carbons (Fsp3) is 0.400. The average Bonchev–Trinajstić information content (AvgIpc) is 2.47. The molecule has 1 fully saturated rings. The Morgan fingerprint density at radius 2 is 2.10 bits per heavy atom. The Morgan fingerprint density at radius 1 is 1.35 bits per heavy atom. The fourth-order valence-electron chi connectivity index (χ4n) is 2.81. The minimum Gasteiger partial charge on any atom is -0.396 e. The Kier molecular flexibility index (Phi) is 3.81. The lowest BCUT2D eigenvalue weighted by molar-refractivity contribution is 0.0855. The van der Waals surface area contributed by atoms with E-state index in [9.17, 15) is 0 Å². The van der Waals surface area contributed by atoms with Gasteiger partial charge in [0.2, 0.25) is 0 Å². The van der Waals surface area contributed by atoms with Gasteiger partial charge in [-0.05, 0) is 31.0 Å². The molecule has 0 radical (unpaired) electrons. The van der Waals surface area contributed by atoms with Gasteiger partial charge in [-0.2, -0.15) is 0 Å². The molecule has 1 aromatic heterocycles. The molecule has 2 aromatic rings. The number of benzene rings is 1. The van der Waals surface area contributed by atoms with Crippen molar-refractivity contribution in [2.24, 2.45) is 0 Å². The molecule has 106 valence electrons. The Balaban J connectivity index is 2.08. The predicted octanol–water partition coefficient (Wildman–Crippen LogP) is 3.19. The number of nitrogens with two attached hydrogens (primary N) is 1. The van der Waals surface area contributed by atoms with Crippen LogP contribution in [-0.2, 0) is 4.74 Å². The zero-order valence-electron chi connectivity index (χ0n) is 11.5. The second kappa shape index (κ2) is 5.58. The van der Waals surface area contributed by atoms with Crippen molar-refractivity contribution < 1.29 is 4.74 Å². The van der Waals surface area contributed by atoms with Gasteiger partial charge < -0.3 is 15.4 Å². The maximum absolute atomic E-state index is 6.19. The molecule has 1 aliphatic heterocycles. The van der Waals surface area contributed by atoms with E-state index >= 15 is 0 Å².